The fourth-order valence-corrected chi connectivity index (χ4v) is 2.09. The summed E-state index contributed by atoms with van der Waals surface area (Å²) in [6, 6.07) is 0. The quantitative estimate of drug-likeness (QED) is 0.421. The summed E-state index contributed by atoms with van der Waals surface area (Å²) in [6.45, 7) is 8.66. The van der Waals surface area contributed by atoms with Crippen molar-refractivity contribution in [3.8, 4) is 0 Å². The summed E-state index contributed by atoms with van der Waals surface area (Å²) in [5.74, 6) is 0.535. The van der Waals surface area contributed by atoms with E-state index >= 15 is 0 Å². The van der Waals surface area contributed by atoms with Gasteiger partial charge in [-0.3, -0.25) is 4.79 Å². The van der Waals surface area contributed by atoms with Crippen LogP contribution in [0, 0.1) is 5.92 Å². The van der Waals surface area contributed by atoms with Gasteiger partial charge in [0.1, 0.15) is 6.61 Å². The van der Waals surface area contributed by atoms with E-state index in [-0.39, 0.29) is 11.6 Å². The van der Waals surface area contributed by atoms with E-state index in [1.807, 2.05) is 0 Å². The third-order valence-corrected chi connectivity index (χ3v) is 3.30. The van der Waals surface area contributed by atoms with Crippen LogP contribution < -0.4 is 0 Å². The summed E-state index contributed by atoms with van der Waals surface area (Å²) in [6.07, 6.45) is 5.80. The van der Waals surface area contributed by atoms with E-state index in [0.717, 1.165) is 18.8 Å². The lowest BCUT2D eigenvalue weighted by atomic mass is 9.84. The molecule has 17 heavy (non-hydrogen) atoms. The predicted octanol–water partition coefficient (Wildman–Crippen LogP) is 3.09. The molecule has 0 fully saturated rings. The maximum atomic E-state index is 10.6. The van der Waals surface area contributed by atoms with Crippen LogP contribution in [-0.4, -0.2) is 24.8 Å². The Morgan fingerprint density at radius 3 is 2.71 bits per heavy atom. The molecule has 1 aliphatic rings. The number of esters is 1. The number of hydrogen-bond acceptors (Lipinski definition) is 3. The van der Waals surface area contributed by atoms with Crippen molar-refractivity contribution in [1.82, 2.24) is 0 Å². The molecule has 0 bridgehead atoms. The first-order valence-electron chi connectivity index (χ1n) is 6.38. The van der Waals surface area contributed by atoms with E-state index in [2.05, 4.69) is 26.8 Å². The minimum Gasteiger partial charge on any atom is -0.463 e. The van der Waals surface area contributed by atoms with Gasteiger partial charge in [0.15, 0.2) is 0 Å². The Morgan fingerprint density at radius 2 is 2.18 bits per heavy atom. The van der Waals surface area contributed by atoms with Gasteiger partial charge in [-0.25, -0.2) is 0 Å². The molecule has 0 N–H and O–H groups in total. The van der Waals surface area contributed by atoms with Crippen molar-refractivity contribution in [3.63, 3.8) is 0 Å². The molecule has 0 saturated heterocycles. The maximum absolute atomic E-state index is 10.6. The van der Waals surface area contributed by atoms with Crippen molar-refractivity contribution in [3.05, 3.63) is 11.6 Å². The van der Waals surface area contributed by atoms with Crippen LogP contribution in [0.3, 0.4) is 0 Å². The van der Waals surface area contributed by atoms with Crippen LogP contribution in [0.1, 0.15) is 47.0 Å². The number of carbonyl (C=O) groups excluding carboxylic acids is 1. The lowest BCUT2D eigenvalue weighted by molar-refractivity contribution is -0.143. The van der Waals surface area contributed by atoms with E-state index < -0.39 is 0 Å². The molecule has 1 aliphatic carbocycles. The topological polar surface area (TPSA) is 35.5 Å². The minimum atomic E-state index is -0.253. The van der Waals surface area contributed by atoms with Gasteiger partial charge in [-0.05, 0) is 44.6 Å². The van der Waals surface area contributed by atoms with Crippen LogP contribution in [0.4, 0.5) is 0 Å². The summed E-state index contributed by atoms with van der Waals surface area (Å²) in [4.78, 5) is 10.6. The molecule has 1 rings (SSSR count). The highest BCUT2D eigenvalue weighted by molar-refractivity contribution is 5.65. The van der Waals surface area contributed by atoms with Crippen molar-refractivity contribution in [2.24, 2.45) is 5.92 Å². The molecule has 0 aromatic heterocycles. The third kappa shape index (κ3) is 4.90. The van der Waals surface area contributed by atoms with E-state index in [0.29, 0.717) is 13.2 Å². The number of allylic oxidation sites excluding steroid dienone is 1. The smallest absolute Gasteiger partial charge is 0.302 e. The van der Waals surface area contributed by atoms with Gasteiger partial charge in [-0.1, -0.05) is 13.0 Å². The highest BCUT2D eigenvalue weighted by Crippen LogP contribution is 2.32. The van der Waals surface area contributed by atoms with Crippen LogP contribution in [0.5, 0.6) is 0 Å². The largest absolute Gasteiger partial charge is 0.463 e. The normalized spacial score (nSPS) is 20.9. The predicted molar refractivity (Wildman–Crippen MR) is 67.8 cm³/mol. The number of rotatable bonds is 5. The van der Waals surface area contributed by atoms with Gasteiger partial charge in [0.25, 0.3) is 0 Å². The zero-order chi connectivity index (χ0) is 12.9. The molecule has 0 aromatic carbocycles. The standard InChI is InChI=1S/C14H24O3/c1-11-5-7-13(8-6-11)14(3,4)17-10-9-16-12(2)15/h7,11H,5-6,8-10H2,1-4H3/t11-/m0/s1. The minimum absolute atomic E-state index is 0.236. The van der Waals surface area contributed by atoms with E-state index in [1.165, 1.54) is 18.9 Å². The third-order valence-electron chi connectivity index (χ3n) is 3.30. The summed E-state index contributed by atoms with van der Waals surface area (Å²) >= 11 is 0. The molecule has 0 radical (unpaired) electrons. The van der Waals surface area contributed by atoms with Crippen molar-refractivity contribution < 1.29 is 14.3 Å². The zero-order valence-electron chi connectivity index (χ0n) is 11.4. The van der Waals surface area contributed by atoms with E-state index in [1.54, 1.807) is 0 Å². The second-order valence-corrected chi connectivity index (χ2v) is 5.31. The van der Waals surface area contributed by atoms with Crippen LogP contribution in [0.2, 0.25) is 0 Å². The van der Waals surface area contributed by atoms with Crippen LogP contribution in [0.25, 0.3) is 0 Å². The van der Waals surface area contributed by atoms with Crippen LogP contribution in [-0.2, 0) is 14.3 Å². The van der Waals surface area contributed by atoms with Crippen LogP contribution >= 0.6 is 0 Å². The molecule has 0 heterocycles. The Hall–Kier alpha value is -0.830. The van der Waals surface area contributed by atoms with Crippen molar-refractivity contribution in [2.75, 3.05) is 13.2 Å². The van der Waals surface area contributed by atoms with Gasteiger partial charge in [0, 0.05) is 6.92 Å². The Labute approximate surface area is 104 Å². The molecule has 98 valence electrons. The SMILES string of the molecule is CC(=O)OCCOC(C)(C)C1=CC[C@H](C)CC1. The average molecular weight is 240 g/mol. The molecule has 0 amide bonds. The molecular weight excluding hydrogens is 216 g/mol. The summed E-state index contributed by atoms with van der Waals surface area (Å²) < 4.78 is 10.7. The fraction of sp³-hybridized carbons (Fsp3) is 0.786. The molecule has 0 unspecified atom stereocenters. The van der Waals surface area contributed by atoms with Crippen molar-refractivity contribution in [1.29, 1.82) is 0 Å². The highest BCUT2D eigenvalue weighted by atomic mass is 16.6. The molecular formula is C14H24O3. The Kier molecular flexibility index (Phi) is 5.19. The molecule has 0 aromatic rings. The second-order valence-electron chi connectivity index (χ2n) is 5.31. The highest BCUT2D eigenvalue weighted by Gasteiger charge is 2.26. The molecule has 0 spiro atoms. The zero-order valence-corrected chi connectivity index (χ0v) is 11.4. The summed E-state index contributed by atoms with van der Waals surface area (Å²) in [5.41, 5.74) is 1.14. The molecule has 1 atom stereocenters. The van der Waals surface area contributed by atoms with E-state index in [4.69, 9.17) is 9.47 Å². The van der Waals surface area contributed by atoms with Gasteiger partial charge in [0.05, 0.1) is 12.2 Å². The van der Waals surface area contributed by atoms with Gasteiger partial charge in [-0.2, -0.15) is 0 Å². The first-order valence-corrected chi connectivity index (χ1v) is 6.38. The molecule has 0 aliphatic heterocycles. The van der Waals surface area contributed by atoms with Crippen molar-refractivity contribution in [2.45, 2.75) is 52.6 Å². The molecule has 3 heteroatoms. The van der Waals surface area contributed by atoms with Gasteiger partial charge in [-0.15, -0.1) is 0 Å². The second kappa shape index (κ2) is 6.20. The van der Waals surface area contributed by atoms with Gasteiger partial charge >= 0.3 is 5.97 Å². The maximum Gasteiger partial charge on any atom is 0.302 e. The molecule has 0 saturated carbocycles. The Bertz CT molecular complexity index is 292. The Balaban J connectivity index is 2.37. The first-order chi connectivity index (χ1) is 7.92. The average Bonchev–Trinajstić information content (AvgIpc) is 2.25. The number of ether oxygens (including phenoxy) is 2. The summed E-state index contributed by atoms with van der Waals surface area (Å²) in [7, 11) is 0. The number of carbonyl (C=O) groups is 1. The molecule has 3 nitrogen and oxygen atoms in total. The fourth-order valence-electron chi connectivity index (χ4n) is 2.09. The lowest BCUT2D eigenvalue weighted by Gasteiger charge is -2.32. The monoisotopic (exact) mass is 240 g/mol. The van der Waals surface area contributed by atoms with Crippen LogP contribution in [0.15, 0.2) is 11.6 Å². The van der Waals surface area contributed by atoms with Crippen molar-refractivity contribution >= 4 is 5.97 Å². The van der Waals surface area contributed by atoms with Gasteiger partial charge in [0.2, 0.25) is 0 Å². The van der Waals surface area contributed by atoms with E-state index in [9.17, 15) is 4.79 Å². The lowest BCUT2D eigenvalue weighted by Crippen LogP contribution is -2.30. The van der Waals surface area contributed by atoms with Gasteiger partial charge < -0.3 is 9.47 Å². The summed E-state index contributed by atoms with van der Waals surface area (Å²) in [5, 5.41) is 0. The Morgan fingerprint density at radius 1 is 1.47 bits per heavy atom. The first kappa shape index (κ1) is 14.2. The number of hydrogen-bond donors (Lipinski definition) is 0.